The molecule has 0 bridgehead atoms. The van der Waals surface area contributed by atoms with Crippen LogP contribution in [0.1, 0.15) is 17.5 Å². The van der Waals surface area contributed by atoms with Gasteiger partial charge in [-0.15, -0.1) is 0 Å². The second-order valence-corrected chi connectivity index (χ2v) is 8.42. The first-order chi connectivity index (χ1) is 14.5. The molecule has 1 aliphatic heterocycles. The normalized spacial score (nSPS) is 17.0. The van der Waals surface area contributed by atoms with Crippen LogP contribution in [0.4, 0.5) is 10.5 Å². The predicted octanol–water partition coefficient (Wildman–Crippen LogP) is 4.19. The summed E-state index contributed by atoms with van der Waals surface area (Å²) < 4.78 is 20.7. The van der Waals surface area contributed by atoms with Crippen LogP contribution in [0.25, 0.3) is 0 Å². The summed E-state index contributed by atoms with van der Waals surface area (Å²) in [6.07, 6.45) is 3.71. The van der Waals surface area contributed by atoms with Gasteiger partial charge >= 0.3 is 6.09 Å². The predicted molar refractivity (Wildman–Crippen MR) is 119 cm³/mol. The van der Waals surface area contributed by atoms with Crippen molar-refractivity contribution in [2.45, 2.75) is 30.7 Å². The number of anilines is 1. The zero-order valence-electron chi connectivity index (χ0n) is 16.9. The molecule has 7 heteroatoms. The van der Waals surface area contributed by atoms with E-state index in [4.69, 9.17) is 4.74 Å². The second-order valence-electron chi connectivity index (χ2n) is 7.05. The highest BCUT2D eigenvalue weighted by molar-refractivity contribution is 7.86. The lowest BCUT2D eigenvalue weighted by molar-refractivity contribution is 0.137. The van der Waals surface area contributed by atoms with Gasteiger partial charge in [0.1, 0.15) is 12.4 Å². The third kappa shape index (κ3) is 5.30. The Morgan fingerprint density at radius 3 is 2.77 bits per heavy atom. The Labute approximate surface area is 179 Å². The number of aliphatic hydroxyl groups excluding tert-OH is 1. The average molecular weight is 427 g/mol. The maximum atomic E-state index is 13.4. The summed E-state index contributed by atoms with van der Waals surface area (Å²) in [6, 6.07) is 15.2. The van der Waals surface area contributed by atoms with Gasteiger partial charge in [0.05, 0.1) is 23.2 Å². The lowest BCUT2D eigenvalue weighted by Gasteiger charge is -2.37. The molecule has 158 valence electrons. The molecule has 2 atom stereocenters. The van der Waals surface area contributed by atoms with E-state index in [0.717, 1.165) is 23.2 Å². The van der Waals surface area contributed by atoms with Crippen LogP contribution in [0.15, 0.2) is 77.9 Å². The molecule has 2 aromatic carbocycles. The zero-order valence-corrected chi connectivity index (χ0v) is 17.7. The summed E-state index contributed by atoms with van der Waals surface area (Å²) in [7, 11) is -1.44. The number of carbonyl (C=O) groups is 1. The highest BCUT2D eigenvalue weighted by Crippen LogP contribution is 2.33. The maximum absolute atomic E-state index is 13.4. The van der Waals surface area contributed by atoms with Gasteiger partial charge in [-0.2, -0.15) is 0 Å². The molecule has 1 amide bonds. The van der Waals surface area contributed by atoms with Crippen LogP contribution >= 0.6 is 0 Å². The Balaban J connectivity index is 1.75. The summed E-state index contributed by atoms with van der Waals surface area (Å²) in [5.74, 6) is -0.0179. The molecule has 3 rings (SSSR count). The first-order valence-corrected chi connectivity index (χ1v) is 10.9. The smallest absolute Gasteiger partial charge is 0.407 e. The first kappa shape index (κ1) is 21.6. The number of carbonyl (C=O) groups excluding carboxylic acids is 1. The van der Waals surface area contributed by atoms with Crippen molar-refractivity contribution in [3.63, 3.8) is 0 Å². The van der Waals surface area contributed by atoms with E-state index in [1.807, 2.05) is 59.8 Å². The van der Waals surface area contributed by atoms with Crippen LogP contribution < -0.4 is 9.62 Å². The van der Waals surface area contributed by atoms with E-state index in [2.05, 4.69) is 11.9 Å². The third-order valence-electron chi connectivity index (χ3n) is 4.84. The van der Waals surface area contributed by atoms with Crippen molar-refractivity contribution in [2.24, 2.45) is 0 Å². The Bertz CT molecular complexity index is 956. The molecule has 1 heterocycles. The number of amides is 1. The minimum absolute atomic E-state index is 0.0179. The first-order valence-electron chi connectivity index (χ1n) is 9.76. The fourth-order valence-corrected chi connectivity index (χ4v) is 4.69. The summed E-state index contributed by atoms with van der Waals surface area (Å²) in [5.41, 5.74) is 3.11. The number of para-hydroxylation sites is 1. The number of hydrogen-bond donors (Lipinski definition) is 2. The number of allylic oxidation sites excluding steroid dienone is 2. The highest BCUT2D eigenvalue weighted by atomic mass is 32.2. The number of benzene rings is 2. The SMILES string of the molecule is C=C/C=C(\O)CNC(=O)OCC1CCc2ccccc2N1S(=O)c1ccc(C)cc1. The van der Waals surface area contributed by atoms with Crippen molar-refractivity contribution >= 4 is 22.8 Å². The van der Waals surface area contributed by atoms with E-state index in [1.165, 1.54) is 12.2 Å². The summed E-state index contributed by atoms with van der Waals surface area (Å²) in [5, 5.41) is 12.0. The molecule has 0 fully saturated rings. The number of fused-ring (bicyclic) bond motifs is 1. The fraction of sp³-hybridized carbons (Fsp3) is 0.261. The van der Waals surface area contributed by atoms with Crippen LogP contribution in [0.5, 0.6) is 0 Å². The maximum Gasteiger partial charge on any atom is 0.407 e. The van der Waals surface area contributed by atoms with Crippen LogP contribution in [0, 0.1) is 6.92 Å². The second kappa shape index (κ2) is 10.1. The lowest BCUT2D eigenvalue weighted by Crippen LogP contribution is -2.44. The molecule has 2 unspecified atom stereocenters. The quantitative estimate of drug-likeness (QED) is 0.514. The van der Waals surface area contributed by atoms with Crippen molar-refractivity contribution in [2.75, 3.05) is 17.5 Å². The van der Waals surface area contributed by atoms with E-state index in [0.29, 0.717) is 11.3 Å². The number of alkyl carbamates (subject to hydrolysis) is 1. The number of aliphatic hydroxyl groups is 1. The molecule has 2 aromatic rings. The molecule has 6 nitrogen and oxygen atoms in total. The van der Waals surface area contributed by atoms with Crippen LogP contribution in [-0.2, 0) is 22.1 Å². The molecule has 0 saturated heterocycles. The zero-order chi connectivity index (χ0) is 21.5. The van der Waals surface area contributed by atoms with E-state index < -0.39 is 17.1 Å². The monoisotopic (exact) mass is 426 g/mol. The van der Waals surface area contributed by atoms with Gasteiger partial charge < -0.3 is 15.2 Å². The van der Waals surface area contributed by atoms with Crippen molar-refractivity contribution in [1.29, 1.82) is 0 Å². The lowest BCUT2D eigenvalue weighted by atomic mass is 9.98. The van der Waals surface area contributed by atoms with Gasteiger partial charge in [0.25, 0.3) is 0 Å². The van der Waals surface area contributed by atoms with Crippen molar-refractivity contribution in [3.8, 4) is 0 Å². The van der Waals surface area contributed by atoms with Crippen LogP contribution in [0.2, 0.25) is 0 Å². The van der Waals surface area contributed by atoms with Gasteiger partial charge in [0.15, 0.2) is 11.0 Å². The van der Waals surface area contributed by atoms with E-state index in [9.17, 15) is 14.1 Å². The average Bonchev–Trinajstić information content (AvgIpc) is 2.76. The van der Waals surface area contributed by atoms with Gasteiger partial charge in [-0.3, -0.25) is 4.31 Å². The summed E-state index contributed by atoms with van der Waals surface area (Å²) in [6.45, 7) is 5.51. The van der Waals surface area contributed by atoms with Crippen LogP contribution in [-0.4, -0.2) is 34.6 Å². The molecule has 1 aliphatic rings. The largest absolute Gasteiger partial charge is 0.510 e. The van der Waals surface area contributed by atoms with Gasteiger partial charge in [0.2, 0.25) is 0 Å². The standard InChI is InChI=1S/C23H26N2O4S/c1-3-6-20(26)15-24-23(27)29-16-19-12-11-18-7-4-5-8-22(18)25(19)30(28)21-13-9-17(2)10-14-21/h3-10,13-14,19,26H,1,11-12,15-16H2,2H3,(H,24,27)/b20-6-. The fourth-order valence-electron chi connectivity index (χ4n) is 3.30. The molecular weight excluding hydrogens is 400 g/mol. The number of nitrogens with one attached hydrogen (secondary N) is 1. The molecule has 0 aliphatic carbocycles. The number of nitrogens with zero attached hydrogens (tertiary/aromatic N) is 1. The van der Waals surface area contributed by atoms with Gasteiger partial charge in [-0.1, -0.05) is 48.6 Å². The molecule has 30 heavy (non-hydrogen) atoms. The van der Waals surface area contributed by atoms with E-state index in [-0.39, 0.29) is 25.0 Å². The topological polar surface area (TPSA) is 78.9 Å². The summed E-state index contributed by atoms with van der Waals surface area (Å²) >= 11 is 0. The van der Waals surface area contributed by atoms with Gasteiger partial charge in [-0.05, 0) is 49.6 Å². The Kier molecular flexibility index (Phi) is 7.30. The summed E-state index contributed by atoms with van der Waals surface area (Å²) in [4.78, 5) is 12.7. The number of hydrogen-bond acceptors (Lipinski definition) is 4. The number of aryl methyl sites for hydroxylation is 2. The molecule has 0 radical (unpaired) electrons. The van der Waals surface area contributed by atoms with Crippen molar-refractivity contribution in [3.05, 3.63) is 84.1 Å². The third-order valence-corrected chi connectivity index (χ3v) is 6.37. The molecule has 2 N–H and O–H groups in total. The Morgan fingerprint density at radius 2 is 2.03 bits per heavy atom. The number of rotatable bonds is 7. The van der Waals surface area contributed by atoms with E-state index >= 15 is 0 Å². The minimum atomic E-state index is -1.44. The van der Waals surface area contributed by atoms with Crippen LogP contribution in [0.3, 0.4) is 0 Å². The highest BCUT2D eigenvalue weighted by Gasteiger charge is 2.32. The van der Waals surface area contributed by atoms with Crippen molar-refractivity contribution < 1.29 is 18.8 Å². The molecular formula is C23H26N2O4S. The van der Waals surface area contributed by atoms with E-state index in [1.54, 1.807) is 0 Å². The Morgan fingerprint density at radius 1 is 1.30 bits per heavy atom. The molecule has 0 aromatic heterocycles. The minimum Gasteiger partial charge on any atom is -0.510 e. The molecule has 0 saturated carbocycles. The van der Waals surface area contributed by atoms with Gasteiger partial charge in [-0.25, -0.2) is 9.00 Å². The Hall–Kier alpha value is -3.06. The number of ether oxygens (including phenoxy) is 1. The molecule has 0 spiro atoms. The van der Waals surface area contributed by atoms with Gasteiger partial charge in [0, 0.05) is 0 Å². The van der Waals surface area contributed by atoms with Crippen molar-refractivity contribution in [1.82, 2.24) is 5.32 Å².